The van der Waals surface area contributed by atoms with E-state index < -0.39 is 0 Å². The fourth-order valence-corrected chi connectivity index (χ4v) is 3.28. The number of rotatable bonds is 6. The van der Waals surface area contributed by atoms with Crippen LogP contribution in [0.1, 0.15) is 41.3 Å². The molecule has 0 radical (unpaired) electrons. The van der Waals surface area contributed by atoms with Gasteiger partial charge in [-0.25, -0.2) is 0 Å². The highest BCUT2D eigenvalue weighted by Crippen LogP contribution is 2.16. The fourth-order valence-electron chi connectivity index (χ4n) is 3.28. The second kappa shape index (κ2) is 8.63. The average molecular weight is 351 g/mol. The number of amides is 2. The lowest BCUT2D eigenvalue weighted by molar-refractivity contribution is -0.114. The Morgan fingerprint density at radius 2 is 1.73 bits per heavy atom. The summed E-state index contributed by atoms with van der Waals surface area (Å²) in [6.45, 7) is 5.18. The van der Waals surface area contributed by atoms with Crippen molar-refractivity contribution in [1.29, 1.82) is 0 Å². The van der Waals surface area contributed by atoms with E-state index in [2.05, 4.69) is 27.7 Å². The van der Waals surface area contributed by atoms with Crippen LogP contribution in [0.2, 0.25) is 0 Å². The summed E-state index contributed by atoms with van der Waals surface area (Å²) in [5.41, 5.74) is 3.57. The summed E-state index contributed by atoms with van der Waals surface area (Å²) < 4.78 is 0. The van der Waals surface area contributed by atoms with Crippen LogP contribution in [-0.4, -0.2) is 29.8 Å². The maximum Gasteiger partial charge on any atom is 0.251 e. The van der Waals surface area contributed by atoms with Crippen molar-refractivity contribution in [2.75, 3.05) is 18.4 Å². The molecule has 0 spiro atoms. The number of carbonyl (C=O) groups excluding carboxylic acids is 2. The lowest BCUT2D eigenvalue weighted by Gasteiger charge is -2.17. The molecule has 0 aliphatic carbocycles. The minimum Gasteiger partial charge on any atom is -0.348 e. The molecule has 136 valence electrons. The molecule has 5 nitrogen and oxygen atoms in total. The third kappa shape index (κ3) is 4.92. The largest absolute Gasteiger partial charge is 0.348 e. The summed E-state index contributed by atoms with van der Waals surface area (Å²) in [7, 11) is 0. The van der Waals surface area contributed by atoms with Crippen LogP contribution in [0.25, 0.3) is 0 Å². The first kappa shape index (κ1) is 18.1. The molecule has 2 amide bonds. The highest BCUT2D eigenvalue weighted by Gasteiger charge is 2.14. The normalized spacial score (nSPS) is 14.2. The van der Waals surface area contributed by atoms with Crippen molar-refractivity contribution in [3.63, 3.8) is 0 Å². The molecule has 2 N–H and O–H groups in total. The fraction of sp³-hybridized carbons (Fsp3) is 0.333. The van der Waals surface area contributed by atoms with E-state index in [1.165, 1.54) is 25.3 Å². The first-order valence-electron chi connectivity index (χ1n) is 9.07. The number of likely N-dealkylation sites (tertiary alicyclic amines) is 1. The molecule has 0 bridgehead atoms. The second-order valence-corrected chi connectivity index (χ2v) is 6.70. The summed E-state index contributed by atoms with van der Waals surface area (Å²) in [6, 6.07) is 15.2. The first-order valence-corrected chi connectivity index (χ1v) is 9.07. The van der Waals surface area contributed by atoms with E-state index in [0.717, 1.165) is 25.2 Å². The smallest absolute Gasteiger partial charge is 0.251 e. The van der Waals surface area contributed by atoms with Crippen LogP contribution in [0.3, 0.4) is 0 Å². The zero-order valence-corrected chi connectivity index (χ0v) is 15.1. The predicted octanol–water partition coefficient (Wildman–Crippen LogP) is 3.17. The molecule has 1 saturated heterocycles. The van der Waals surface area contributed by atoms with Gasteiger partial charge in [-0.05, 0) is 55.3 Å². The summed E-state index contributed by atoms with van der Waals surface area (Å²) in [5, 5.41) is 5.69. The Morgan fingerprint density at radius 1 is 1.00 bits per heavy atom. The Balaban J connectivity index is 1.63. The van der Waals surface area contributed by atoms with Gasteiger partial charge in [-0.15, -0.1) is 0 Å². The van der Waals surface area contributed by atoms with Gasteiger partial charge in [0, 0.05) is 31.3 Å². The third-order valence-electron chi connectivity index (χ3n) is 4.60. The monoisotopic (exact) mass is 351 g/mol. The quantitative estimate of drug-likeness (QED) is 0.840. The third-order valence-corrected chi connectivity index (χ3v) is 4.60. The zero-order valence-electron chi connectivity index (χ0n) is 15.1. The number of anilines is 1. The topological polar surface area (TPSA) is 61.4 Å². The highest BCUT2D eigenvalue weighted by atomic mass is 16.2. The van der Waals surface area contributed by atoms with Gasteiger partial charge in [-0.1, -0.05) is 30.3 Å². The van der Waals surface area contributed by atoms with Crippen molar-refractivity contribution in [2.45, 2.75) is 32.9 Å². The van der Waals surface area contributed by atoms with Crippen molar-refractivity contribution in [3.8, 4) is 0 Å². The van der Waals surface area contributed by atoms with Gasteiger partial charge in [0.05, 0.1) is 0 Å². The predicted molar refractivity (Wildman–Crippen MR) is 103 cm³/mol. The highest BCUT2D eigenvalue weighted by molar-refractivity contribution is 5.96. The van der Waals surface area contributed by atoms with E-state index in [0.29, 0.717) is 17.8 Å². The van der Waals surface area contributed by atoms with E-state index in [9.17, 15) is 9.59 Å². The van der Waals surface area contributed by atoms with Crippen molar-refractivity contribution >= 4 is 17.5 Å². The number of nitrogens with one attached hydrogen (secondary N) is 2. The Labute approximate surface area is 154 Å². The Morgan fingerprint density at radius 3 is 2.46 bits per heavy atom. The van der Waals surface area contributed by atoms with Gasteiger partial charge >= 0.3 is 0 Å². The summed E-state index contributed by atoms with van der Waals surface area (Å²) in [5.74, 6) is -0.299. The van der Waals surface area contributed by atoms with Crippen molar-refractivity contribution in [2.24, 2.45) is 0 Å². The number of benzene rings is 2. The molecule has 5 heteroatoms. The van der Waals surface area contributed by atoms with E-state index in [1.54, 1.807) is 24.3 Å². The van der Waals surface area contributed by atoms with Crippen LogP contribution in [-0.2, 0) is 17.9 Å². The van der Waals surface area contributed by atoms with E-state index in [1.807, 2.05) is 12.1 Å². The first-order chi connectivity index (χ1) is 12.6. The average Bonchev–Trinajstić information content (AvgIpc) is 3.13. The van der Waals surface area contributed by atoms with E-state index in [4.69, 9.17) is 0 Å². The lowest BCUT2D eigenvalue weighted by atomic mass is 10.1. The molecule has 26 heavy (non-hydrogen) atoms. The van der Waals surface area contributed by atoms with Gasteiger partial charge in [0.15, 0.2) is 0 Å². The van der Waals surface area contributed by atoms with Crippen LogP contribution in [0.15, 0.2) is 48.5 Å². The lowest BCUT2D eigenvalue weighted by Crippen LogP contribution is -2.25. The van der Waals surface area contributed by atoms with Crippen molar-refractivity contribution in [3.05, 3.63) is 65.2 Å². The van der Waals surface area contributed by atoms with Gasteiger partial charge in [0.25, 0.3) is 5.91 Å². The Bertz CT molecular complexity index is 782. The summed E-state index contributed by atoms with van der Waals surface area (Å²) in [4.78, 5) is 26.1. The molecule has 1 aliphatic rings. The minimum atomic E-state index is -0.154. The number of carbonyl (C=O) groups is 2. The molecule has 2 aromatic carbocycles. The van der Waals surface area contributed by atoms with Crippen LogP contribution in [0.5, 0.6) is 0 Å². The molecule has 0 saturated carbocycles. The molecule has 0 unspecified atom stereocenters. The molecule has 1 heterocycles. The summed E-state index contributed by atoms with van der Waals surface area (Å²) in [6.07, 6.45) is 2.53. The standard InChI is InChI=1S/C21H25N3O2/c1-16(25)23-20-10-6-9-17(13-20)21(26)22-14-18-7-2-3-8-19(18)15-24-11-4-5-12-24/h2-3,6-10,13H,4-5,11-12,14-15H2,1H3,(H,22,26)(H,23,25). The molecule has 1 fully saturated rings. The summed E-state index contributed by atoms with van der Waals surface area (Å²) >= 11 is 0. The van der Waals surface area contributed by atoms with Crippen LogP contribution in [0, 0.1) is 0 Å². The van der Waals surface area contributed by atoms with Gasteiger partial charge in [-0.2, -0.15) is 0 Å². The van der Waals surface area contributed by atoms with E-state index in [-0.39, 0.29) is 11.8 Å². The molecule has 0 aromatic heterocycles. The van der Waals surface area contributed by atoms with Crippen molar-refractivity contribution < 1.29 is 9.59 Å². The van der Waals surface area contributed by atoms with Gasteiger partial charge < -0.3 is 10.6 Å². The second-order valence-electron chi connectivity index (χ2n) is 6.70. The minimum absolute atomic E-state index is 0.145. The molecular weight excluding hydrogens is 326 g/mol. The van der Waals surface area contributed by atoms with Gasteiger partial charge in [0.2, 0.25) is 5.91 Å². The van der Waals surface area contributed by atoms with E-state index >= 15 is 0 Å². The molecule has 3 rings (SSSR count). The maximum atomic E-state index is 12.5. The zero-order chi connectivity index (χ0) is 18.4. The van der Waals surface area contributed by atoms with Crippen LogP contribution in [0.4, 0.5) is 5.69 Å². The van der Waals surface area contributed by atoms with Gasteiger partial charge in [0.1, 0.15) is 0 Å². The number of nitrogens with zero attached hydrogens (tertiary/aromatic N) is 1. The molecule has 2 aromatic rings. The SMILES string of the molecule is CC(=O)Nc1cccc(C(=O)NCc2ccccc2CN2CCCC2)c1. The molecular formula is C21H25N3O2. The van der Waals surface area contributed by atoms with Gasteiger partial charge in [-0.3, -0.25) is 14.5 Å². The van der Waals surface area contributed by atoms with Crippen molar-refractivity contribution in [1.82, 2.24) is 10.2 Å². The number of hydrogen-bond donors (Lipinski definition) is 2. The number of hydrogen-bond acceptors (Lipinski definition) is 3. The van der Waals surface area contributed by atoms with Crippen LogP contribution >= 0.6 is 0 Å². The Kier molecular flexibility index (Phi) is 6.02. The molecule has 1 aliphatic heterocycles. The van der Waals surface area contributed by atoms with Crippen LogP contribution < -0.4 is 10.6 Å². The molecule has 0 atom stereocenters. The Hall–Kier alpha value is -2.66. The maximum absolute atomic E-state index is 12.5.